The van der Waals surface area contributed by atoms with E-state index in [2.05, 4.69) is 25.1 Å². The van der Waals surface area contributed by atoms with Crippen molar-refractivity contribution in [1.82, 2.24) is 0 Å². The minimum atomic E-state index is 0.135. The first-order chi connectivity index (χ1) is 6.18. The molecule has 1 heteroatoms. The van der Waals surface area contributed by atoms with Crippen LogP contribution in [-0.2, 0) is 0 Å². The highest BCUT2D eigenvalue weighted by atomic mass is 16.1. The van der Waals surface area contributed by atoms with Crippen molar-refractivity contribution < 1.29 is 4.79 Å². The molecule has 1 nitrogen and oxygen atoms in total. The van der Waals surface area contributed by atoms with E-state index in [1.54, 1.807) is 6.92 Å². The molecule has 0 saturated heterocycles. The molecule has 0 N–H and O–H groups in total. The second-order valence-electron chi connectivity index (χ2n) is 3.55. The van der Waals surface area contributed by atoms with Crippen LogP contribution in [0.5, 0.6) is 0 Å². The lowest BCUT2D eigenvalue weighted by molar-refractivity contribution is 0.101. The zero-order valence-electron chi connectivity index (χ0n) is 7.87. The molecule has 13 heavy (non-hydrogen) atoms. The van der Waals surface area contributed by atoms with E-state index in [-0.39, 0.29) is 5.78 Å². The molecule has 1 aromatic rings. The van der Waals surface area contributed by atoms with Gasteiger partial charge in [-0.3, -0.25) is 4.79 Å². The van der Waals surface area contributed by atoms with Gasteiger partial charge in [0.15, 0.2) is 5.78 Å². The van der Waals surface area contributed by atoms with Crippen LogP contribution in [0.15, 0.2) is 24.3 Å². The topological polar surface area (TPSA) is 17.1 Å². The van der Waals surface area contributed by atoms with Gasteiger partial charge in [0.05, 0.1) is 0 Å². The zero-order chi connectivity index (χ0) is 9.42. The Morgan fingerprint density at radius 1 is 1.38 bits per heavy atom. The molecule has 0 aliphatic heterocycles. The number of hydrogen-bond acceptors (Lipinski definition) is 1. The average molecular weight is 172 g/mol. The van der Waals surface area contributed by atoms with Crippen LogP contribution in [0.25, 0.3) is 6.08 Å². The summed E-state index contributed by atoms with van der Waals surface area (Å²) in [5.74, 6) is 0.631. The minimum absolute atomic E-state index is 0.135. The van der Waals surface area contributed by atoms with E-state index in [9.17, 15) is 4.79 Å². The number of Topliss-reactive ketones (excluding diaryl/α,β-unsaturated/α-hetero) is 1. The lowest BCUT2D eigenvalue weighted by atomic mass is 9.99. The van der Waals surface area contributed by atoms with E-state index in [1.807, 2.05) is 12.1 Å². The molecule has 0 bridgehead atoms. The van der Waals surface area contributed by atoms with Gasteiger partial charge in [0.1, 0.15) is 0 Å². The predicted molar refractivity (Wildman–Crippen MR) is 53.9 cm³/mol. The summed E-state index contributed by atoms with van der Waals surface area (Å²) in [6, 6.07) is 5.93. The number of hydrogen-bond donors (Lipinski definition) is 0. The van der Waals surface area contributed by atoms with Gasteiger partial charge in [-0.05, 0) is 30.0 Å². The zero-order valence-corrected chi connectivity index (χ0v) is 7.87. The van der Waals surface area contributed by atoms with E-state index in [0.29, 0.717) is 5.92 Å². The van der Waals surface area contributed by atoms with Crippen molar-refractivity contribution in [2.24, 2.45) is 0 Å². The molecular weight excluding hydrogens is 160 g/mol. The van der Waals surface area contributed by atoms with E-state index < -0.39 is 0 Å². The summed E-state index contributed by atoms with van der Waals surface area (Å²) < 4.78 is 0. The van der Waals surface area contributed by atoms with Crippen molar-refractivity contribution in [2.75, 3.05) is 0 Å². The van der Waals surface area contributed by atoms with Crippen LogP contribution in [0.2, 0.25) is 0 Å². The van der Waals surface area contributed by atoms with E-state index in [1.165, 1.54) is 11.1 Å². The Hall–Kier alpha value is -1.37. The van der Waals surface area contributed by atoms with Crippen LogP contribution >= 0.6 is 0 Å². The fraction of sp³-hybridized carbons (Fsp3) is 0.250. The maximum absolute atomic E-state index is 11.1. The van der Waals surface area contributed by atoms with Crippen molar-refractivity contribution in [1.29, 1.82) is 0 Å². The standard InChI is InChI=1S/C12H12O/c1-8-3-4-11-7-10(9(2)13)5-6-12(8)11/h3-8H,1-2H3. The van der Waals surface area contributed by atoms with E-state index in [0.717, 1.165) is 5.56 Å². The lowest BCUT2D eigenvalue weighted by Crippen LogP contribution is -1.94. The summed E-state index contributed by atoms with van der Waals surface area (Å²) in [5.41, 5.74) is 3.32. The van der Waals surface area contributed by atoms with Crippen molar-refractivity contribution >= 4 is 11.9 Å². The maximum atomic E-state index is 11.1. The van der Waals surface area contributed by atoms with Crippen molar-refractivity contribution in [3.63, 3.8) is 0 Å². The Kier molecular flexibility index (Phi) is 1.80. The Bertz CT molecular complexity index is 388. The smallest absolute Gasteiger partial charge is 0.159 e. The third kappa shape index (κ3) is 1.31. The maximum Gasteiger partial charge on any atom is 0.159 e. The summed E-state index contributed by atoms with van der Waals surface area (Å²) in [6.45, 7) is 3.76. The van der Waals surface area contributed by atoms with Gasteiger partial charge >= 0.3 is 0 Å². The van der Waals surface area contributed by atoms with Crippen LogP contribution in [0, 0.1) is 0 Å². The SMILES string of the molecule is CC(=O)c1ccc2c(c1)C=CC2C. The summed E-state index contributed by atoms with van der Waals surface area (Å²) in [6.07, 6.45) is 4.25. The number of fused-ring (bicyclic) bond motifs is 1. The summed E-state index contributed by atoms with van der Waals surface area (Å²) in [5, 5.41) is 0. The number of carbonyl (C=O) groups is 1. The van der Waals surface area contributed by atoms with Crippen molar-refractivity contribution in [3.05, 3.63) is 41.0 Å². The first-order valence-electron chi connectivity index (χ1n) is 4.51. The highest BCUT2D eigenvalue weighted by Crippen LogP contribution is 2.29. The molecule has 0 saturated carbocycles. The van der Waals surface area contributed by atoms with Crippen LogP contribution < -0.4 is 0 Å². The van der Waals surface area contributed by atoms with Crippen LogP contribution in [0.3, 0.4) is 0 Å². The predicted octanol–water partition coefficient (Wildman–Crippen LogP) is 3.02. The molecule has 0 radical (unpaired) electrons. The van der Waals surface area contributed by atoms with Gasteiger partial charge in [-0.2, -0.15) is 0 Å². The molecule has 1 atom stereocenters. The van der Waals surface area contributed by atoms with E-state index in [4.69, 9.17) is 0 Å². The van der Waals surface area contributed by atoms with Gasteiger partial charge in [0.2, 0.25) is 0 Å². The van der Waals surface area contributed by atoms with Gasteiger partial charge < -0.3 is 0 Å². The highest BCUT2D eigenvalue weighted by molar-refractivity contribution is 5.95. The van der Waals surface area contributed by atoms with Crippen molar-refractivity contribution in [2.45, 2.75) is 19.8 Å². The Morgan fingerprint density at radius 3 is 2.85 bits per heavy atom. The molecule has 0 heterocycles. The van der Waals surface area contributed by atoms with Crippen molar-refractivity contribution in [3.8, 4) is 0 Å². The van der Waals surface area contributed by atoms with Crippen LogP contribution in [0.1, 0.15) is 41.3 Å². The molecule has 2 rings (SSSR count). The van der Waals surface area contributed by atoms with E-state index >= 15 is 0 Å². The Balaban J connectivity index is 2.50. The van der Waals surface area contributed by atoms with Gasteiger partial charge in [-0.25, -0.2) is 0 Å². The number of allylic oxidation sites excluding steroid dienone is 1. The molecule has 66 valence electrons. The number of benzene rings is 1. The quantitative estimate of drug-likeness (QED) is 0.595. The first-order valence-corrected chi connectivity index (χ1v) is 4.51. The van der Waals surface area contributed by atoms with Crippen LogP contribution in [-0.4, -0.2) is 5.78 Å². The molecule has 1 aromatic carbocycles. The third-order valence-electron chi connectivity index (χ3n) is 2.55. The third-order valence-corrected chi connectivity index (χ3v) is 2.55. The molecule has 0 aromatic heterocycles. The largest absolute Gasteiger partial charge is 0.295 e. The normalized spacial score (nSPS) is 18.8. The average Bonchev–Trinajstić information content (AvgIpc) is 2.47. The lowest BCUT2D eigenvalue weighted by Gasteiger charge is -2.05. The minimum Gasteiger partial charge on any atom is -0.295 e. The van der Waals surface area contributed by atoms with Crippen LogP contribution in [0.4, 0.5) is 0 Å². The number of carbonyl (C=O) groups excluding carboxylic acids is 1. The summed E-state index contributed by atoms with van der Waals surface area (Å²) in [7, 11) is 0. The monoisotopic (exact) mass is 172 g/mol. The van der Waals surface area contributed by atoms with Gasteiger partial charge in [0.25, 0.3) is 0 Å². The fourth-order valence-corrected chi connectivity index (χ4v) is 1.70. The number of rotatable bonds is 1. The first kappa shape index (κ1) is 8.24. The second kappa shape index (κ2) is 2.84. The van der Waals surface area contributed by atoms with Gasteiger partial charge in [-0.1, -0.05) is 31.2 Å². The molecule has 1 aliphatic carbocycles. The number of ketones is 1. The highest BCUT2D eigenvalue weighted by Gasteiger charge is 2.13. The molecule has 0 fully saturated rings. The van der Waals surface area contributed by atoms with Gasteiger partial charge in [-0.15, -0.1) is 0 Å². The van der Waals surface area contributed by atoms with Gasteiger partial charge in [0, 0.05) is 5.56 Å². The Labute approximate surface area is 78.1 Å². The molecule has 0 amide bonds. The molecule has 0 spiro atoms. The fourth-order valence-electron chi connectivity index (χ4n) is 1.70. The Morgan fingerprint density at radius 2 is 2.15 bits per heavy atom. The molecular formula is C12H12O. The molecule has 1 unspecified atom stereocenters. The second-order valence-corrected chi connectivity index (χ2v) is 3.55. The summed E-state index contributed by atoms with van der Waals surface area (Å²) >= 11 is 0. The molecule has 1 aliphatic rings. The summed E-state index contributed by atoms with van der Waals surface area (Å²) in [4.78, 5) is 11.1.